The van der Waals surface area contributed by atoms with Crippen LogP contribution in [0, 0.1) is 0 Å². The van der Waals surface area contributed by atoms with Crippen molar-refractivity contribution in [2.75, 3.05) is 5.32 Å². The summed E-state index contributed by atoms with van der Waals surface area (Å²) >= 11 is 2.08. The average molecular weight is 450 g/mol. The second-order valence-corrected chi connectivity index (χ2v) is 9.78. The molecule has 0 fully saturated rings. The number of hydrogen-bond donors (Lipinski definition) is 2. The third kappa shape index (κ3) is 5.22. The third-order valence-corrected chi connectivity index (χ3v) is 6.74. The van der Waals surface area contributed by atoms with Crippen molar-refractivity contribution in [2.45, 2.75) is 12.8 Å². The van der Waals surface area contributed by atoms with E-state index in [1.54, 1.807) is 6.92 Å². The number of carbonyl (C=O) groups excluding carboxylic acids is 1. The van der Waals surface area contributed by atoms with Crippen molar-refractivity contribution in [3.63, 3.8) is 0 Å². The summed E-state index contributed by atoms with van der Waals surface area (Å²) in [5, 5.41) is 13.0. The summed E-state index contributed by atoms with van der Waals surface area (Å²) in [5.41, 5.74) is 4.51. The number of thioether (sulfide) groups is 1. The predicted octanol–water partition coefficient (Wildman–Crippen LogP) is 4.42. The number of hydrogen-bond acceptors (Lipinski definition) is 4. The molecule has 32 heavy (non-hydrogen) atoms. The number of aliphatic carboxylic acids is 1. The first-order valence-electron chi connectivity index (χ1n) is 10.2. The van der Waals surface area contributed by atoms with Gasteiger partial charge in [-0.05, 0) is 11.1 Å². The molecule has 0 aromatic heterocycles. The minimum absolute atomic E-state index is 0.308. The van der Waals surface area contributed by atoms with Gasteiger partial charge in [-0.3, -0.25) is 0 Å². The average Bonchev–Trinajstić information content (AvgIpc) is 3.14. The van der Waals surface area contributed by atoms with Crippen LogP contribution in [0.1, 0.15) is 24.0 Å². The van der Waals surface area contributed by atoms with Gasteiger partial charge in [0.2, 0.25) is 0 Å². The number of amides is 1. The van der Waals surface area contributed by atoms with Gasteiger partial charge < -0.3 is 0 Å². The summed E-state index contributed by atoms with van der Waals surface area (Å²) in [4.78, 5) is 28.6. The van der Waals surface area contributed by atoms with E-state index in [4.69, 9.17) is 0 Å². The van der Waals surface area contributed by atoms with Gasteiger partial charge in [0, 0.05) is 0 Å². The van der Waals surface area contributed by atoms with E-state index in [1.165, 1.54) is 11.8 Å². The number of benzene rings is 3. The van der Waals surface area contributed by atoms with Crippen LogP contribution in [0.5, 0.6) is 0 Å². The normalized spacial score (nSPS) is 15.5. The van der Waals surface area contributed by atoms with Crippen molar-refractivity contribution in [1.82, 2.24) is 0 Å². The molecule has 0 bridgehead atoms. The van der Waals surface area contributed by atoms with Crippen LogP contribution in [0.25, 0.3) is 17.2 Å². The van der Waals surface area contributed by atoms with Gasteiger partial charge in [0.25, 0.3) is 0 Å². The van der Waals surface area contributed by atoms with E-state index in [0.717, 1.165) is 47.4 Å². The first kappa shape index (κ1) is 22.6. The van der Waals surface area contributed by atoms with E-state index in [1.807, 2.05) is 66.7 Å². The molecule has 0 spiro atoms. The van der Waals surface area contributed by atoms with Gasteiger partial charge in [0.05, 0.1) is 0 Å². The molecule has 1 atom stereocenters. The number of carboxylic acid groups (broad SMARTS) is 1. The van der Waals surface area contributed by atoms with Gasteiger partial charge >= 0.3 is 168 Å². The summed E-state index contributed by atoms with van der Waals surface area (Å²) in [7, 11) is 0. The predicted molar refractivity (Wildman–Crippen MR) is 131 cm³/mol. The first-order valence-corrected chi connectivity index (χ1v) is 12.0. The van der Waals surface area contributed by atoms with E-state index >= 15 is 0 Å². The number of amidine groups is 1. The Kier molecular flexibility index (Phi) is 6.96. The molecule has 3 aromatic carbocycles. The Hall–Kier alpha value is -2.64. The molecular weight excluding hydrogens is 431 g/mol. The van der Waals surface area contributed by atoms with Crippen molar-refractivity contribution in [2.24, 2.45) is 4.99 Å². The SMILES string of the molecule is CC(C(=O)O)c1c[c]([Na])ccc1NC1=NC(=O)C(=Cc2ccc(-c3ccccc3)cc2)S1. The quantitative estimate of drug-likeness (QED) is 0.445. The molecule has 1 unspecified atom stereocenters. The van der Waals surface area contributed by atoms with Crippen molar-refractivity contribution in [3.05, 3.63) is 88.8 Å². The third-order valence-electron chi connectivity index (χ3n) is 5.22. The van der Waals surface area contributed by atoms with Crippen LogP contribution >= 0.6 is 11.8 Å². The fourth-order valence-corrected chi connectivity index (χ4v) is 4.72. The maximum atomic E-state index is 12.4. The van der Waals surface area contributed by atoms with Crippen LogP contribution in [-0.2, 0) is 9.59 Å². The van der Waals surface area contributed by atoms with Crippen LogP contribution < -0.4 is 8.13 Å². The van der Waals surface area contributed by atoms with Crippen molar-refractivity contribution in [3.8, 4) is 11.1 Å². The number of nitrogens with one attached hydrogen (secondary N) is 1. The Morgan fingerprint density at radius 3 is 2.44 bits per heavy atom. The fourth-order valence-electron chi connectivity index (χ4n) is 3.42. The summed E-state index contributed by atoms with van der Waals surface area (Å²) in [6, 6.07) is 23.8. The zero-order valence-corrected chi connectivity index (χ0v) is 20.5. The zero-order chi connectivity index (χ0) is 22.7. The van der Waals surface area contributed by atoms with E-state index in [2.05, 4.69) is 22.4 Å². The van der Waals surface area contributed by atoms with Gasteiger partial charge in [-0.25, -0.2) is 0 Å². The number of aliphatic imine (C=N–C) groups is 1. The summed E-state index contributed by atoms with van der Waals surface area (Å²) in [6.45, 7) is 1.66. The summed E-state index contributed by atoms with van der Waals surface area (Å²) < 4.78 is 1.11. The standard InChI is InChI=1S/C25H19N2O3S.Na/c1-16(24(29)30)20-9-5-6-10-21(20)26-25-27-23(28)22(31-25)15-17-11-13-19(14-12-17)18-7-3-2-4-8-18;/h2-4,6-16H,1H3,(H,29,30)(H,26,27,28);. The molecule has 5 nitrogen and oxygen atoms in total. The van der Waals surface area contributed by atoms with Crippen LogP contribution in [-0.4, -0.2) is 50.1 Å². The Morgan fingerprint density at radius 1 is 1.06 bits per heavy atom. The molecule has 1 amide bonds. The Labute approximate surface area is 208 Å². The molecule has 0 saturated carbocycles. The zero-order valence-electron chi connectivity index (χ0n) is 17.7. The molecule has 1 aliphatic heterocycles. The van der Waals surface area contributed by atoms with Crippen molar-refractivity contribution < 1.29 is 14.7 Å². The molecule has 0 radical (unpaired) electrons. The van der Waals surface area contributed by atoms with Gasteiger partial charge in [-0.2, -0.15) is 0 Å². The van der Waals surface area contributed by atoms with Crippen LogP contribution in [0.3, 0.4) is 0 Å². The molecule has 1 heterocycles. The molecule has 1 aliphatic rings. The number of carboxylic acids is 1. The number of nitrogens with zero attached hydrogens (tertiary/aromatic N) is 1. The van der Waals surface area contributed by atoms with Gasteiger partial charge in [0.15, 0.2) is 0 Å². The minimum atomic E-state index is -0.892. The van der Waals surface area contributed by atoms with Crippen LogP contribution in [0.2, 0.25) is 0 Å². The fraction of sp³-hybridized carbons (Fsp3) is 0.0800. The summed E-state index contributed by atoms with van der Waals surface area (Å²) in [6.07, 6.45) is 1.82. The molecule has 4 rings (SSSR count). The Balaban J connectivity index is 1.51. The maximum absolute atomic E-state index is 12.4. The second-order valence-electron chi connectivity index (χ2n) is 7.60. The number of rotatable bonds is 5. The monoisotopic (exact) mass is 450 g/mol. The second kappa shape index (κ2) is 9.88. The molecule has 154 valence electrons. The van der Waals surface area contributed by atoms with Crippen molar-refractivity contribution >= 4 is 71.3 Å². The van der Waals surface area contributed by atoms with E-state index in [-0.39, 0.29) is 5.91 Å². The first-order chi connectivity index (χ1) is 15.4. The van der Waals surface area contributed by atoms with E-state index in [9.17, 15) is 14.7 Å². The number of carbonyl (C=O) groups is 2. The molecule has 0 aliphatic carbocycles. The van der Waals surface area contributed by atoms with E-state index in [0.29, 0.717) is 21.3 Å². The molecule has 3 aromatic rings. The Bertz CT molecular complexity index is 1240. The molecule has 7 heteroatoms. The molecule has 2 N–H and O–H groups in total. The molecule has 0 saturated heterocycles. The van der Waals surface area contributed by atoms with Crippen LogP contribution in [0.4, 0.5) is 5.69 Å². The van der Waals surface area contributed by atoms with Gasteiger partial charge in [-0.15, -0.1) is 0 Å². The van der Waals surface area contributed by atoms with Crippen LogP contribution in [0.15, 0.2) is 82.7 Å². The van der Waals surface area contributed by atoms with Gasteiger partial charge in [-0.1, -0.05) is 30.3 Å². The molecular formula is C25H19N2NaO3S. The topological polar surface area (TPSA) is 78.8 Å². The van der Waals surface area contributed by atoms with E-state index < -0.39 is 11.9 Å². The van der Waals surface area contributed by atoms with Crippen molar-refractivity contribution in [1.29, 1.82) is 0 Å². The summed E-state index contributed by atoms with van der Waals surface area (Å²) in [5.74, 6) is -1.86. The van der Waals surface area contributed by atoms with Gasteiger partial charge in [0.1, 0.15) is 0 Å². The number of anilines is 1. The Morgan fingerprint density at radius 2 is 1.75 bits per heavy atom.